The molecule has 1 N–H and O–H groups in total. The summed E-state index contributed by atoms with van der Waals surface area (Å²) in [5, 5.41) is 2.88. The van der Waals surface area contributed by atoms with E-state index in [-0.39, 0.29) is 18.0 Å². The van der Waals surface area contributed by atoms with Crippen molar-refractivity contribution in [2.75, 3.05) is 18.4 Å². The molecule has 148 valence electrons. The molecule has 2 amide bonds. The molecule has 0 radical (unpaired) electrons. The summed E-state index contributed by atoms with van der Waals surface area (Å²) < 4.78 is 38.7. The summed E-state index contributed by atoms with van der Waals surface area (Å²) in [6.45, 7) is 2.50. The molecule has 3 rings (SSSR count). The number of halogens is 3. The van der Waals surface area contributed by atoms with Crippen LogP contribution in [0.1, 0.15) is 34.3 Å². The zero-order valence-electron chi connectivity index (χ0n) is 15.4. The van der Waals surface area contributed by atoms with Gasteiger partial charge >= 0.3 is 6.18 Å². The minimum atomic E-state index is -4.51. The minimum absolute atomic E-state index is 0.0187. The first-order valence-electron chi connectivity index (χ1n) is 9.09. The molecule has 28 heavy (non-hydrogen) atoms. The van der Waals surface area contributed by atoms with Crippen LogP contribution in [0, 0.1) is 12.8 Å². The molecule has 0 unspecified atom stereocenters. The third kappa shape index (κ3) is 4.52. The van der Waals surface area contributed by atoms with E-state index in [2.05, 4.69) is 5.32 Å². The standard InChI is InChI=1S/C21H21F3N2O2/c1-14-6-2-3-10-18(14)25-19(27)16-8-5-11-26(13-16)20(28)15-7-4-9-17(12-15)21(22,23)24/h2-4,6-7,9-10,12,16H,5,8,11,13H2,1H3,(H,25,27)/t16-/m0/s1. The first-order chi connectivity index (χ1) is 13.3. The van der Waals surface area contributed by atoms with E-state index < -0.39 is 23.6 Å². The Morgan fingerprint density at radius 3 is 2.57 bits per heavy atom. The van der Waals surface area contributed by atoms with Gasteiger partial charge in [0.15, 0.2) is 0 Å². The fourth-order valence-electron chi connectivity index (χ4n) is 3.33. The molecule has 1 saturated heterocycles. The average molecular weight is 390 g/mol. The molecule has 1 atom stereocenters. The largest absolute Gasteiger partial charge is 0.416 e. The van der Waals surface area contributed by atoms with Crippen molar-refractivity contribution in [3.05, 3.63) is 65.2 Å². The molecule has 2 aromatic rings. The lowest BCUT2D eigenvalue weighted by Crippen LogP contribution is -2.43. The van der Waals surface area contributed by atoms with Gasteiger partial charge in [-0.05, 0) is 49.6 Å². The van der Waals surface area contributed by atoms with Gasteiger partial charge in [0.1, 0.15) is 0 Å². The Morgan fingerprint density at radius 2 is 1.86 bits per heavy atom. The molecule has 0 bridgehead atoms. The molecule has 0 spiro atoms. The van der Waals surface area contributed by atoms with Gasteiger partial charge in [-0.1, -0.05) is 24.3 Å². The summed E-state index contributed by atoms with van der Waals surface area (Å²) >= 11 is 0. The van der Waals surface area contributed by atoms with E-state index in [1.54, 1.807) is 0 Å². The van der Waals surface area contributed by atoms with Crippen LogP contribution in [0.25, 0.3) is 0 Å². The van der Waals surface area contributed by atoms with Crippen LogP contribution < -0.4 is 5.32 Å². The number of rotatable bonds is 3. The summed E-state index contributed by atoms with van der Waals surface area (Å²) in [5.74, 6) is -1.07. The number of benzene rings is 2. The number of carbonyl (C=O) groups is 2. The fourth-order valence-corrected chi connectivity index (χ4v) is 3.33. The lowest BCUT2D eigenvalue weighted by molar-refractivity contribution is -0.137. The number of carbonyl (C=O) groups excluding carboxylic acids is 2. The second-order valence-electron chi connectivity index (χ2n) is 6.97. The quantitative estimate of drug-likeness (QED) is 0.839. The number of aryl methyl sites for hydroxylation is 1. The maximum Gasteiger partial charge on any atom is 0.416 e. The van der Waals surface area contributed by atoms with E-state index in [9.17, 15) is 22.8 Å². The van der Waals surface area contributed by atoms with Crippen LogP contribution in [0.2, 0.25) is 0 Å². The van der Waals surface area contributed by atoms with Gasteiger partial charge in [-0.15, -0.1) is 0 Å². The predicted octanol–water partition coefficient (Wildman–Crippen LogP) is 4.50. The molecule has 1 fully saturated rings. The van der Waals surface area contributed by atoms with Gasteiger partial charge in [0.2, 0.25) is 5.91 Å². The first-order valence-corrected chi connectivity index (χ1v) is 9.09. The van der Waals surface area contributed by atoms with E-state index in [0.717, 1.165) is 17.7 Å². The lowest BCUT2D eigenvalue weighted by Gasteiger charge is -2.32. The van der Waals surface area contributed by atoms with E-state index >= 15 is 0 Å². The molecule has 7 heteroatoms. The van der Waals surface area contributed by atoms with Crippen LogP contribution in [-0.2, 0) is 11.0 Å². The van der Waals surface area contributed by atoms with Crippen LogP contribution >= 0.6 is 0 Å². The second kappa shape index (κ2) is 8.04. The van der Waals surface area contributed by atoms with E-state index in [4.69, 9.17) is 0 Å². The summed E-state index contributed by atoms with van der Waals surface area (Å²) in [6, 6.07) is 11.8. The van der Waals surface area contributed by atoms with Crippen LogP contribution in [0.15, 0.2) is 48.5 Å². The fraction of sp³-hybridized carbons (Fsp3) is 0.333. The van der Waals surface area contributed by atoms with Gasteiger partial charge in [0.25, 0.3) is 5.91 Å². The molecule has 0 aliphatic carbocycles. The lowest BCUT2D eigenvalue weighted by atomic mass is 9.96. The Hall–Kier alpha value is -2.83. The summed E-state index contributed by atoms with van der Waals surface area (Å²) in [4.78, 5) is 26.8. The summed E-state index contributed by atoms with van der Waals surface area (Å²) in [6.07, 6.45) is -3.26. The number of para-hydroxylation sites is 1. The minimum Gasteiger partial charge on any atom is -0.338 e. The molecule has 2 aromatic carbocycles. The van der Waals surface area contributed by atoms with Gasteiger partial charge in [-0.25, -0.2) is 0 Å². The van der Waals surface area contributed by atoms with Crippen molar-refractivity contribution in [3.63, 3.8) is 0 Å². The number of hydrogen-bond acceptors (Lipinski definition) is 2. The highest BCUT2D eigenvalue weighted by atomic mass is 19.4. The number of amides is 2. The molecule has 1 heterocycles. The third-order valence-corrected chi connectivity index (χ3v) is 4.92. The Labute approximate surface area is 161 Å². The molecule has 0 aromatic heterocycles. The van der Waals surface area contributed by atoms with Crippen molar-refractivity contribution >= 4 is 17.5 Å². The highest BCUT2D eigenvalue weighted by Gasteiger charge is 2.33. The van der Waals surface area contributed by atoms with Crippen LogP contribution in [0.3, 0.4) is 0 Å². The van der Waals surface area contributed by atoms with Crippen molar-refractivity contribution in [2.45, 2.75) is 25.9 Å². The highest BCUT2D eigenvalue weighted by Crippen LogP contribution is 2.30. The van der Waals surface area contributed by atoms with E-state index in [0.29, 0.717) is 25.1 Å². The van der Waals surface area contributed by atoms with Gasteiger partial charge in [0, 0.05) is 24.3 Å². The van der Waals surface area contributed by atoms with Crippen molar-refractivity contribution in [3.8, 4) is 0 Å². The molecule has 1 aliphatic rings. The first kappa shape index (κ1) is 19.9. The zero-order chi connectivity index (χ0) is 20.3. The van der Waals surface area contributed by atoms with Gasteiger partial charge < -0.3 is 10.2 Å². The van der Waals surface area contributed by atoms with E-state index in [1.165, 1.54) is 17.0 Å². The van der Waals surface area contributed by atoms with Crippen molar-refractivity contribution in [2.24, 2.45) is 5.92 Å². The average Bonchev–Trinajstić information content (AvgIpc) is 2.68. The number of piperidine rings is 1. The Morgan fingerprint density at radius 1 is 1.11 bits per heavy atom. The number of likely N-dealkylation sites (tertiary alicyclic amines) is 1. The number of hydrogen-bond donors (Lipinski definition) is 1. The van der Waals surface area contributed by atoms with Crippen LogP contribution in [0.5, 0.6) is 0 Å². The number of nitrogens with one attached hydrogen (secondary N) is 1. The van der Waals surface area contributed by atoms with E-state index in [1.807, 2.05) is 31.2 Å². The topological polar surface area (TPSA) is 49.4 Å². The second-order valence-corrected chi connectivity index (χ2v) is 6.97. The molecule has 0 saturated carbocycles. The van der Waals surface area contributed by atoms with Crippen molar-refractivity contribution < 1.29 is 22.8 Å². The predicted molar refractivity (Wildman–Crippen MR) is 99.9 cm³/mol. The Bertz CT molecular complexity index is 880. The van der Waals surface area contributed by atoms with Gasteiger partial charge in [-0.3, -0.25) is 9.59 Å². The molecule has 1 aliphatic heterocycles. The van der Waals surface area contributed by atoms with Gasteiger partial charge in [-0.2, -0.15) is 13.2 Å². The van der Waals surface area contributed by atoms with Crippen molar-refractivity contribution in [1.82, 2.24) is 4.90 Å². The molecule has 4 nitrogen and oxygen atoms in total. The van der Waals surface area contributed by atoms with Crippen LogP contribution in [0.4, 0.5) is 18.9 Å². The van der Waals surface area contributed by atoms with Crippen LogP contribution in [-0.4, -0.2) is 29.8 Å². The maximum atomic E-state index is 12.9. The zero-order valence-corrected chi connectivity index (χ0v) is 15.4. The maximum absolute atomic E-state index is 12.9. The molecular formula is C21H21F3N2O2. The number of alkyl halides is 3. The Kier molecular flexibility index (Phi) is 5.72. The van der Waals surface area contributed by atoms with Crippen molar-refractivity contribution in [1.29, 1.82) is 0 Å². The monoisotopic (exact) mass is 390 g/mol. The third-order valence-electron chi connectivity index (χ3n) is 4.92. The van der Waals surface area contributed by atoms with Gasteiger partial charge in [0.05, 0.1) is 11.5 Å². The number of nitrogens with zero attached hydrogens (tertiary/aromatic N) is 1. The normalized spacial score (nSPS) is 17.3. The Balaban J connectivity index is 1.70. The smallest absolute Gasteiger partial charge is 0.338 e. The molecular weight excluding hydrogens is 369 g/mol. The summed E-state index contributed by atoms with van der Waals surface area (Å²) in [5.41, 5.74) is 0.774. The number of anilines is 1. The SMILES string of the molecule is Cc1ccccc1NC(=O)[C@H]1CCCN(C(=O)c2cccc(C(F)(F)F)c2)C1. The summed E-state index contributed by atoms with van der Waals surface area (Å²) in [7, 11) is 0. The highest BCUT2D eigenvalue weighted by molar-refractivity contribution is 5.96.